The number of anilines is 3. The molecule has 3 aromatic rings. The number of nitriles is 1. The summed E-state index contributed by atoms with van der Waals surface area (Å²) in [5.74, 6) is 0.182. The number of nitrogens with zero attached hydrogens (tertiary/aromatic N) is 2. The molecule has 6 nitrogen and oxygen atoms in total. The number of aryl methyl sites for hydroxylation is 1. The highest BCUT2D eigenvalue weighted by molar-refractivity contribution is 7.92. The Morgan fingerprint density at radius 2 is 1.89 bits per heavy atom. The maximum Gasteiger partial charge on any atom is 0.263 e. The Morgan fingerprint density at radius 3 is 2.56 bits per heavy atom. The van der Waals surface area contributed by atoms with Gasteiger partial charge >= 0.3 is 0 Å². The highest BCUT2D eigenvalue weighted by atomic mass is 35.5. The van der Waals surface area contributed by atoms with E-state index in [0.29, 0.717) is 27.5 Å². The van der Waals surface area contributed by atoms with E-state index >= 15 is 0 Å². The number of hydrogen-bond acceptors (Lipinski definition) is 5. The Hall–Kier alpha value is -3.08. The van der Waals surface area contributed by atoms with E-state index in [1.54, 1.807) is 37.3 Å². The van der Waals surface area contributed by atoms with E-state index in [0.717, 1.165) is 0 Å². The maximum atomic E-state index is 12.5. The van der Waals surface area contributed by atoms with Crippen molar-refractivity contribution in [3.05, 3.63) is 76.9 Å². The molecule has 1 heterocycles. The fraction of sp³-hybridized carbons (Fsp3) is 0.0526. The van der Waals surface area contributed by atoms with E-state index in [4.69, 9.17) is 16.9 Å². The zero-order chi connectivity index (χ0) is 19.4. The first-order valence-electron chi connectivity index (χ1n) is 7.90. The van der Waals surface area contributed by atoms with Crippen molar-refractivity contribution in [2.24, 2.45) is 0 Å². The predicted molar refractivity (Wildman–Crippen MR) is 106 cm³/mol. The Morgan fingerprint density at radius 1 is 1.11 bits per heavy atom. The van der Waals surface area contributed by atoms with Gasteiger partial charge in [-0.2, -0.15) is 5.26 Å². The van der Waals surface area contributed by atoms with Crippen LogP contribution in [0.15, 0.2) is 65.7 Å². The van der Waals surface area contributed by atoms with E-state index in [-0.39, 0.29) is 10.7 Å². The second kappa shape index (κ2) is 7.66. The minimum atomic E-state index is -3.77. The van der Waals surface area contributed by atoms with Gasteiger partial charge in [0.2, 0.25) is 0 Å². The molecule has 0 bridgehead atoms. The molecular formula is C19H15ClN4O2S. The third-order valence-corrected chi connectivity index (χ3v) is 5.55. The smallest absolute Gasteiger partial charge is 0.263 e. The van der Waals surface area contributed by atoms with Crippen LogP contribution in [0.3, 0.4) is 0 Å². The third-order valence-electron chi connectivity index (χ3n) is 3.77. The normalized spacial score (nSPS) is 10.9. The Labute approximate surface area is 162 Å². The third kappa shape index (κ3) is 4.37. The van der Waals surface area contributed by atoms with Gasteiger partial charge in [0, 0.05) is 5.02 Å². The van der Waals surface area contributed by atoms with E-state index in [1.165, 1.54) is 24.4 Å². The van der Waals surface area contributed by atoms with Crippen molar-refractivity contribution in [2.75, 3.05) is 10.0 Å². The molecule has 1 aromatic heterocycles. The number of sulfonamides is 1. The van der Waals surface area contributed by atoms with E-state index in [9.17, 15) is 8.42 Å². The van der Waals surface area contributed by atoms with Crippen LogP contribution in [-0.4, -0.2) is 13.4 Å². The Bertz CT molecular complexity index is 1120. The number of aromatic nitrogens is 1. The molecule has 2 N–H and O–H groups in total. The van der Waals surface area contributed by atoms with E-state index in [2.05, 4.69) is 21.1 Å². The van der Waals surface area contributed by atoms with Crippen molar-refractivity contribution in [2.45, 2.75) is 11.8 Å². The molecule has 0 aliphatic carbocycles. The Balaban J connectivity index is 1.77. The Kier molecular flexibility index (Phi) is 5.31. The molecule has 2 aromatic carbocycles. The second-order valence-corrected chi connectivity index (χ2v) is 7.82. The zero-order valence-corrected chi connectivity index (χ0v) is 15.8. The average molecular weight is 399 g/mol. The summed E-state index contributed by atoms with van der Waals surface area (Å²) in [6.07, 6.45) is 1.49. The first kappa shape index (κ1) is 18.7. The second-order valence-electron chi connectivity index (χ2n) is 5.73. The van der Waals surface area contributed by atoms with Gasteiger partial charge in [-0.3, -0.25) is 4.72 Å². The lowest BCUT2D eigenvalue weighted by Crippen LogP contribution is -2.14. The summed E-state index contributed by atoms with van der Waals surface area (Å²) in [4.78, 5) is 4.23. The summed E-state index contributed by atoms with van der Waals surface area (Å²) >= 11 is 5.94. The SMILES string of the molecule is Cc1cc(S(=O)(=O)Nc2ccc(Nc3ccccc3C#N)cn2)ccc1Cl. The van der Waals surface area contributed by atoms with Crippen molar-refractivity contribution in [3.8, 4) is 6.07 Å². The summed E-state index contributed by atoms with van der Waals surface area (Å²) in [6, 6.07) is 16.9. The number of para-hydroxylation sites is 1. The van der Waals surface area contributed by atoms with Gasteiger partial charge in [0.15, 0.2) is 0 Å². The zero-order valence-electron chi connectivity index (χ0n) is 14.3. The van der Waals surface area contributed by atoms with Crippen LogP contribution in [0.1, 0.15) is 11.1 Å². The first-order valence-corrected chi connectivity index (χ1v) is 9.76. The molecule has 27 heavy (non-hydrogen) atoms. The number of rotatable bonds is 5. The molecule has 0 aliphatic heterocycles. The lowest BCUT2D eigenvalue weighted by atomic mass is 10.2. The van der Waals surface area contributed by atoms with Gasteiger partial charge < -0.3 is 5.32 Å². The lowest BCUT2D eigenvalue weighted by molar-refractivity contribution is 0.601. The lowest BCUT2D eigenvalue weighted by Gasteiger charge is -2.10. The summed E-state index contributed by atoms with van der Waals surface area (Å²) in [6.45, 7) is 1.74. The molecule has 136 valence electrons. The van der Waals surface area contributed by atoms with Crippen LogP contribution in [0.25, 0.3) is 0 Å². The monoisotopic (exact) mass is 398 g/mol. The topological polar surface area (TPSA) is 94.9 Å². The molecule has 8 heteroatoms. The van der Waals surface area contributed by atoms with Crippen LogP contribution < -0.4 is 10.0 Å². The first-order chi connectivity index (χ1) is 12.9. The molecule has 0 aliphatic rings. The van der Waals surface area contributed by atoms with Crippen molar-refractivity contribution in [1.82, 2.24) is 4.98 Å². The van der Waals surface area contributed by atoms with Gasteiger partial charge in [-0.15, -0.1) is 0 Å². The van der Waals surface area contributed by atoms with Crippen LogP contribution in [0.2, 0.25) is 5.02 Å². The molecule has 0 spiro atoms. The van der Waals surface area contributed by atoms with E-state index in [1.807, 2.05) is 6.07 Å². The van der Waals surface area contributed by atoms with Gasteiger partial charge in [-0.05, 0) is 55.0 Å². The quantitative estimate of drug-likeness (QED) is 0.661. The van der Waals surface area contributed by atoms with Gasteiger partial charge in [0.05, 0.1) is 28.0 Å². The van der Waals surface area contributed by atoms with Gasteiger partial charge in [0.25, 0.3) is 10.0 Å². The molecule has 0 fully saturated rings. The van der Waals surface area contributed by atoms with Crippen molar-refractivity contribution < 1.29 is 8.42 Å². The number of pyridine rings is 1. The minimum Gasteiger partial charge on any atom is -0.353 e. The maximum absolute atomic E-state index is 12.5. The molecule has 0 atom stereocenters. The highest BCUT2D eigenvalue weighted by Crippen LogP contribution is 2.23. The summed E-state index contributed by atoms with van der Waals surface area (Å²) in [7, 11) is -3.77. The molecule has 0 saturated carbocycles. The van der Waals surface area contributed by atoms with Crippen molar-refractivity contribution in [3.63, 3.8) is 0 Å². The van der Waals surface area contributed by atoms with Crippen LogP contribution in [0, 0.1) is 18.3 Å². The molecular weight excluding hydrogens is 384 g/mol. The van der Waals surface area contributed by atoms with Crippen LogP contribution in [-0.2, 0) is 10.0 Å². The van der Waals surface area contributed by atoms with Gasteiger partial charge in [-0.1, -0.05) is 23.7 Å². The number of halogens is 1. The number of hydrogen-bond donors (Lipinski definition) is 2. The summed E-state index contributed by atoms with van der Waals surface area (Å²) in [5.41, 5.74) is 2.44. The predicted octanol–water partition coefficient (Wildman–Crippen LogP) is 4.46. The highest BCUT2D eigenvalue weighted by Gasteiger charge is 2.15. The molecule has 0 saturated heterocycles. The van der Waals surface area contributed by atoms with Gasteiger partial charge in [-0.25, -0.2) is 13.4 Å². The summed E-state index contributed by atoms with van der Waals surface area (Å²) in [5, 5.41) is 12.7. The molecule has 3 rings (SSSR count). The fourth-order valence-electron chi connectivity index (χ4n) is 2.35. The van der Waals surface area contributed by atoms with Crippen LogP contribution in [0.4, 0.5) is 17.2 Å². The van der Waals surface area contributed by atoms with Crippen molar-refractivity contribution >= 4 is 38.8 Å². The molecule has 0 radical (unpaired) electrons. The van der Waals surface area contributed by atoms with Crippen LogP contribution >= 0.6 is 11.6 Å². The van der Waals surface area contributed by atoms with Gasteiger partial charge in [0.1, 0.15) is 11.9 Å². The molecule has 0 unspecified atom stereocenters. The van der Waals surface area contributed by atoms with Crippen molar-refractivity contribution in [1.29, 1.82) is 5.26 Å². The standard InChI is InChI=1S/C19H15ClN4O2S/c1-13-10-16(7-8-17(13)20)27(25,26)24-19-9-6-15(12-22-19)23-18-5-3-2-4-14(18)11-21/h2-10,12,23H,1H3,(H,22,24). The van der Waals surface area contributed by atoms with E-state index < -0.39 is 10.0 Å². The largest absolute Gasteiger partial charge is 0.353 e. The molecule has 0 amide bonds. The van der Waals surface area contributed by atoms with Crippen LogP contribution in [0.5, 0.6) is 0 Å². The number of benzene rings is 2. The minimum absolute atomic E-state index is 0.108. The number of nitrogens with one attached hydrogen (secondary N) is 2. The summed E-state index contributed by atoms with van der Waals surface area (Å²) < 4.78 is 27.4. The fourth-order valence-corrected chi connectivity index (χ4v) is 3.56. The average Bonchev–Trinajstić information content (AvgIpc) is 2.65.